The van der Waals surface area contributed by atoms with Crippen LogP contribution in [0.5, 0.6) is 0 Å². The van der Waals surface area contributed by atoms with Crippen LogP contribution in [-0.4, -0.2) is 58.1 Å². The van der Waals surface area contributed by atoms with E-state index in [2.05, 4.69) is 4.72 Å². The number of halogens is 1. The number of sulfonamides is 1. The third kappa shape index (κ3) is 7.33. The third-order valence-electron chi connectivity index (χ3n) is 4.52. The maximum absolute atomic E-state index is 12.6. The van der Waals surface area contributed by atoms with Crippen molar-refractivity contribution in [2.75, 3.05) is 32.8 Å². The monoisotopic (exact) mass is 433 g/mol. The van der Waals surface area contributed by atoms with Crippen molar-refractivity contribution < 1.29 is 17.9 Å². The van der Waals surface area contributed by atoms with Gasteiger partial charge < -0.3 is 15.4 Å². The summed E-state index contributed by atoms with van der Waals surface area (Å²) in [5.74, 6) is 0.150. The normalized spacial score (nSPS) is 15.5. The molecule has 1 aliphatic rings. The van der Waals surface area contributed by atoms with Crippen molar-refractivity contribution >= 4 is 28.3 Å². The first kappa shape index (κ1) is 24.8. The number of hydrogen-bond acceptors (Lipinski definition) is 5. The lowest BCUT2D eigenvalue weighted by molar-refractivity contribution is 0.00844. The summed E-state index contributed by atoms with van der Waals surface area (Å²) in [4.78, 5) is 14.6. The van der Waals surface area contributed by atoms with Crippen LogP contribution >= 0.6 is 12.4 Å². The molecule has 1 saturated heterocycles. The highest BCUT2D eigenvalue weighted by Gasteiger charge is 2.24. The number of likely N-dealkylation sites (tertiary alicyclic amines) is 1. The van der Waals surface area contributed by atoms with Gasteiger partial charge in [0.25, 0.3) is 5.91 Å². The van der Waals surface area contributed by atoms with E-state index < -0.39 is 10.0 Å². The van der Waals surface area contributed by atoms with E-state index in [1.54, 1.807) is 17.0 Å². The highest BCUT2D eigenvalue weighted by molar-refractivity contribution is 7.89. The smallest absolute Gasteiger partial charge is 0.253 e. The molecule has 7 nitrogen and oxygen atoms in total. The minimum Gasteiger partial charge on any atom is -0.378 e. The zero-order valence-electron chi connectivity index (χ0n) is 16.6. The molecule has 0 unspecified atom stereocenters. The van der Waals surface area contributed by atoms with Gasteiger partial charge in [0.2, 0.25) is 10.0 Å². The molecule has 2 rings (SSSR count). The molecule has 3 N–H and O–H groups in total. The first-order valence-corrected chi connectivity index (χ1v) is 11.0. The number of piperidine rings is 1. The Kier molecular flexibility index (Phi) is 10.4. The summed E-state index contributed by atoms with van der Waals surface area (Å²) in [6.07, 6.45) is 2.64. The highest BCUT2D eigenvalue weighted by Crippen LogP contribution is 2.18. The van der Waals surface area contributed by atoms with Gasteiger partial charge in [-0.3, -0.25) is 4.79 Å². The number of benzene rings is 1. The standard InChI is InChI=1S/C19H31N3O4S.ClH/c1-15(2)14-21-27(24,25)18-6-4-16(5-7-18)19(23)22-11-8-17(9-12-22)26-13-3-10-20;/h4-7,15,17,21H,3,8-14,20H2,1-2H3;1H. The maximum Gasteiger partial charge on any atom is 0.253 e. The molecule has 0 bridgehead atoms. The minimum absolute atomic E-state index is 0. The Morgan fingerprint density at radius 2 is 1.86 bits per heavy atom. The molecule has 1 amide bonds. The fourth-order valence-corrected chi connectivity index (χ4v) is 4.09. The molecule has 0 spiro atoms. The molecular formula is C19H32ClN3O4S. The molecule has 0 aromatic heterocycles. The van der Waals surface area contributed by atoms with E-state index in [9.17, 15) is 13.2 Å². The van der Waals surface area contributed by atoms with E-state index in [0.717, 1.165) is 19.3 Å². The lowest BCUT2D eigenvalue weighted by Gasteiger charge is -2.32. The summed E-state index contributed by atoms with van der Waals surface area (Å²) < 4.78 is 32.8. The summed E-state index contributed by atoms with van der Waals surface area (Å²) in [6, 6.07) is 6.13. The number of carbonyl (C=O) groups excluding carboxylic acids is 1. The van der Waals surface area contributed by atoms with E-state index in [1.807, 2.05) is 13.8 Å². The quantitative estimate of drug-likeness (QED) is 0.580. The van der Waals surface area contributed by atoms with Crippen molar-refractivity contribution in [1.82, 2.24) is 9.62 Å². The van der Waals surface area contributed by atoms with E-state index >= 15 is 0 Å². The van der Waals surface area contributed by atoms with Crippen molar-refractivity contribution in [3.63, 3.8) is 0 Å². The van der Waals surface area contributed by atoms with Crippen LogP contribution in [0.2, 0.25) is 0 Å². The Hall–Kier alpha value is -1.19. The average molecular weight is 434 g/mol. The Labute approximate surface area is 174 Å². The lowest BCUT2D eigenvalue weighted by Crippen LogP contribution is -2.41. The second-order valence-corrected chi connectivity index (χ2v) is 9.04. The second-order valence-electron chi connectivity index (χ2n) is 7.27. The van der Waals surface area contributed by atoms with Gasteiger partial charge in [0.15, 0.2) is 0 Å². The molecule has 0 aliphatic carbocycles. The van der Waals surface area contributed by atoms with Crippen molar-refractivity contribution in [2.24, 2.45) is 11.7 Å². The molecule has 1 aromatic carbocycles. The number of ether oxygens (including phenoxy) is 1. The Morgan fingerprint density at radius 3 is 2.39 bits per heavy atom. The molecule has 1 fully saturated rings. The minimum atomic E-state index is -3.54. The van der Waals surface area contributed by atoms with Crippen LogP contribution in [0.3, 0.4) is 0 Å². The molecule has 9 heteroatoms. The summed E-state index contributed by atoms with van der Waals surface area (Å²) in [7, 11) is -3.54. The maximum atomic E-state index is 12.6. The molecule has 1 aliphatic heterocycles. The Balaban J connectivity index is 0.00000392. The van der Waals surface area contributed by atoms with Crippen LogP contribution in [0.25, 0.3) is 0 Å². The fourth-order valence-electron chi connectivity index (χ4n) is 2.88. The van der Waals surface area contributed by atoms with Gasteiger partial charge in [-0.15, -0.1) is 12.4 Å². The zero-order chi connectivity index (χ0) is 19.9. The summed E-state index contributed by atoms with van der Waals surface area (Å²) in [5, 5.41) is 0. The predicted molar refractivity (Wildman–Crippen MR) is 112 cm³/mol. The van der Waals surface area contributed by atoms with Crippen LogP contribution in [0, 0.1) is 5.92 Å². The fraction of sp³-hybridized carbons (Fsp3) is 0.632. The average Bonchev–Trinajstić information content (AvgIpc) is 2.67. The first-order valence-electron chi connectivity index (χ1n) is 9.54. The zero-order valence-corrected chi connectivity index (χ0v) is 18.2. The van der Waals surface area contributed by atoms with Gasteiger partial charge in [-0.1, -0.05) is 13.8 Å². The molecular weight excluding hydrogens is 402 g/mol. The number of rotatable bonds is 9. The van der Waals surface area contributed by atoms with Crippen LogP contribution in [0.1, 0.15) is 43.5 Å². The largest absolute Gasteiger partial charge is 0.378 e. The number of amides is 1. The van der Waals surface area contributed by atoms with Crippen LogP contribution in [0.4, 0.5) is 0 Å². The van der Waals surface area contributed by atoms with Crippen molar-refractivity contribution in [3.8, 4) is 0 Å². The summed E-state index contributed by atoms with van der Waals surface area (Å²) in [6.45, 7) is 6.83. The van der Waals surface area contributed by atoms with E-state index in [1.165, 1.54) is 12.1 Å². The number of nitrogens with zero attached hydrogens (tertiary/aromatic N) is 1. The number of nitrogens with two attached hydrogens (primary N) is 1. The molecule has 1 heterocycles. The van der Waals surface area contributed by atoms with Gasteiger partial charge in [0, 0.05) is 31.8 Å². The third-order valence-corrected chi connectivity index (χ3v) is 5.96. The van der Waals surface area contributed by atoms with Gasteiger partial charge >= 0.3 is 0 Å². The molecule has 0 saturated carbocycles. The van der Waals surface area contributed by atoms with Gasteiger partial charge in [-0.2, -0.15) is 0 Å². The van der Waals surface area contributed by atoms with E-state index in [0.29, 0.717) is 38.3 Å². The topological polar surface area (TPSA) is 102 Å². The molecule has 0 atom stereocenters. The molecule has 28 heavy (non-hydrogen) atoms. The van der Waals surface area contributed by atoms with Gasteiger partial charge in [0.1, 0.15) is 0 Å². The molecule has 160 valence electrons. The Morgan fingerprint density at radius 1 is 1.25 bits per heavy atom. The molecule has 1 aromatic rings. The van der Waals surface area contributed by atoms with Crippen molar-refractivity contribution in [3.05, 3.63) is 29.8 Å². The SMILES string of the molecule is CC(C)CNS(=O)(=O)c1ccc(C(=O)N2CCC(OCCCN)CC2)cc1.Cl. The van der Waals surface area contributed by atoms with Gasteiger partial charge in [-0.05, 0) is 56.0 Å². The van der Waals surface area contributed by atoms with Crippen LogP contribution in [0.15, 0.2) is 29.2 Å². The van der Waals surface area contributed by atoms with Gasteiger partial charge in [0.05, 0.1) is 11.0 Å². The summed E-state index contributed by atoms with van der Waals surface area (Å²) in [5.41, 5.74) is 5.96. The molecule has 0 radical (unpaired) electrons. The number of carbonyl (C=O) groups is 1. The second kappa shape index (κ2) is 11.7. The summed E-state index contributed by atoms with van der Waals surface area (Å²) >= 11 is 0. The van der Waals surface area contributed by atoms with Crippen LogP contribution in [-0.2, 0) is 14.8 Å². The number of nitrogens with one attached hydrogen (secondary N) is 1. The number of hydrogen-bond donors (Lipinski definition) is 2. The first-order chi connectivity index (χ1) is 12.8. The Bertz CT molecular complexity index is 702. The van der Waals surface area contributed by atoms with Gasteiger partial charge in [-0.25, -0.2) is 13.1 Å². The predicted octanol–water partition coefficient (Wildman–Crippen LogP) is 2.01. The lowest BCUT2D eigenvalue weighted by atomic mass is 10.1. The van der Waals surface area contributed by atoms with Crippen molar-refractivity contribution in [2.45, 2.75) is 44.1 Å². The van der Waals surface area contributed by atoms with E-state index in [4.69, 9.17) is 10.5 Å². The van der Waals surface area contributed by atoms with E-state index in [-0.39, 0.29) is 35.2 Å². The van der Waals surface area contributed by atoms with Crippen LogP contribution < -0.4 is 10.5 Å². The van der Waals surface area contributed by atoms with Crippen molar-refractivity contribution in [1.29, 1.82) is 0 Å². The highest BCUT2D eigenvalue weighted by atomic mass is 35.5.